The number of rotatable bonds is 4. The molecule has 1 saturated heterocycles. The van der Waals surface area contributed by atoms with E-state index < -0.39 is 0 Å². The molecule has 7 heteroatoms. The van der Waals surface area contributed by atoms with Gasteiger partial charge in [-0.05, 0) is 5.56 Å². The Balaban J connectivity index is 1.43. The van der Waals surface area contributed by atoms with Gasteiger partial charge in [0.25, 0.3) is 0 Å². The van der Waals surface area contributed by atoms with Crippen molar-refractivity contribution in [3.8, 4) is 0 Å². The van der Waals surface area contributed by atoms with Crippen molar-refractivity contribution in [3.05, 3.63) is 53.5 Å². The molecule has 0 unspecified atom stereocenters. The van der Waals surface area contributed by atoms with E-state index in [0.29, 0.717) is 12.2 Å². The zero-order chi connectivity index (χ0) is 17.2. The van der Waals surface area contributed by atoms with E-state index in [-0.39, 0.29) is 6.10 Å². The predicted molar refractivity (Wildman–Crippen MR) is 95.1 cm³/mol. The summed E-state index contributed by atoms with van der Waals surface area (Å²) in [6, 6.07) is 10.6. The lowest BCUT2D eigenvalue weighted by atomic mass is 10.1. The number of hydrogen-bond acceptors (Lipinski definition) is 6. The quantitative estimate of drug-likeness (QED) is 0.891. The molecule has 1 fully saturated rings. The molecular formula is C18H24N6O. The van der Waals surface area contributed by atoms with Crippen molar-refractivity contribution in [1.82, 2.24) is 24.8 Å². The Morgan fingerprint density at radius 3 is 2.96 bits per heavy atom. The van der Waals surface area contributed by atoms with Crippen molar-refractivity contribution in [1.29, 1.82) is 0 Å². The third-order valence-electron chi connectivity index (χ3n) is 4.72. The molecule has 1 atom stereocenters. The summed E-state index contributed by atoms with van der Waals surface area (Å²) >= 11 is 0. The van der Waals surface area contributed by atoms with Gasteiger partial charge >= 0.3 is 0 Å². The van der Waals surface area contributed by atoms with Crippen LogP contribution in [0.4, 0.5) is 0 Å². The van der Waals surface area contributed by atoms with E-state index in [4.69, 9.17) is 10.5 Å². The van der Waals surface area contributed by atoms with E-state index >= 15 is 0 Å². The molecule has 132 valence electrons. The van der Waals surface area contributed by atoms with Crippen molar-refractivity contribution < 1.29 is 4.74 Å². The van der Waals surface area contributed by atoms with Crippen LogP contribution in [-0.4, -0.2) is 57.6 Å². The molecular weight excluding hydrogens is 316 g/mol. The van der Waals surface area contributed by atoms with Crippen molar-refractivity contribution in [3.63, 3.8) is 0 Å². The van der Waals surface area contributed by atoms with E-state index in [9.17, 15) is 0 Å². The van der Waals surface area contributed by atoms with Crippen LogP contribution in [0.1, 0.15) is 17.0 Å². The van der Waals surface area contributed by atoms with Crippen molar-refractivity contribution >= 4 is 5.70 Å². The van der Waals surface area contributed by atoms with E-state index in [1.807, 2.05) is 17.9 Å². The Morgan fingerprint density at radius 2 is 2.12 bits per heavy atom. The molecule has 7 nitrogen and oxygen atoms in total. The van der Waals surface area contributed by atoms with Gasteiger partial charge in [-0.1, -0.05) is 35.5 Å². The van der Waals surface area contributed by atoms with E-state index in [2.05, 4.69) is 50.4 Å². The fraction of sp³-hybridized carbons (Fsp3) is 0.444. The topological polar surface area (TPSA) is 72.4 Å². The van der Waals surface area contributed by atoms with Gasteiger partial charge in [0.1, 0.15) is 5.69 Å². The molecule has 0 aliphatic carbocycles. The van der Waals surface area contributed by atoms with Crippen LogP contribution in [0.25, 0.3) is 5.70 Å². The molecule has 4 rings (SSSR count). The maximum absolute atomic E-state index is 6.06. The molecule has 2 aliphatic heterocycles. The summed E-state index contributed by atoms with van der Waals surface area (Å²) in [6.45, 7) is 5.02. The molecule has 0 spiro atoms. The maximum Gasteiger partial charge on any atom is 0.135 e. The van der Waals surface area contributed by atoms with E-state index in [0.717, 1.165) is 44.2 Å². The van der Waals surface area contributed by atoms with Gasteiger partial charge in [-0.15, -0.1) is 5.10 Å². The first-order chi connectivity index (χ1) is 12.2. The second-order valence-electron chi connectivity index (χ2n) is 6.78. The number of aromatic nitrogens is 3. The average molecular weight is 340 g/mol. The number of nitrogens with two attached hydrogens (primary N) is 1. The highest BCUT2D eigenvalue weighted by atomic mass is 16.5. The summed E-state index contributed by atoms with van der Waals surface area (Å²) in [4.78, 5) is 4.49. The molecule has 0 saturated carbocycles. The Hall–Kier alpha value is -2.38. The lowest BCUT2D eigenvalue weighted by Gasteiger charge is -2.33. The fourth-order valence-corrected chi connectivity index (χ4v) is 3.51. The monoisotopic (exact) mass is 340 g/mol. The fourth-order valence-electron chi connectivity index (χ4n) is 3.51. The van der Waals surface area contributed by atoms with Gasteiger partial charge in [0.05, 0.1) is 37.2 Å². The Kier molecular flexibility index (Phi) is 4.42. The maximum atomic E-state index is 6.06. The first kappa shape index (κ1) is 16.1. The summed E-state index contributed by atoms with van der Waals surface area (Å²) in [5, 5.41) is 8.55. The number of ether oxygens (including phenoxy) is 1. The lowest BCUT2D eigenvalue weighted by Crippen LogP contribution is -2.44. The van der Waals surface area contributed by atoms with Gasteiger partial charge in [0.15, 0.2) is 0 Å². The summed E-state index contributed by atoms with van der Waals surface area (Å²) in [6.07, 6.45) is 2.01. The third-order valence-corrected chi connectivity index (χ3v) is 4.72. The normalized spacial score (nSPS) is 21.1. The van der Waals surface area contributed by atoms with Gasteiger partial charge in [-0.25, -0.2) is 4.68 Å². The van der Waals surface area contributed by atoms with Gasteiger partial charge in [-0.2, -0.15) is 0 Å². The van der Waals surface area contributed by atoms with Crippen LogP contribution in [0, 0.1) is 0 Å². The number of benzene rings is 1. The van der Waals surface area contributed by atoms with Gasteiger partial charge in [0, 0.05) is 32.9 Å². The van der Waals surface area contributed by atoms with Crippen LogP contribution in [0.2, 0.25) is 0 Å². The van der Waals surface area contributed by atoms with Crippen molar-refractivity contribution in [2.75, 3.05) is 26.7 Å². The first-order valence-electron chi connectivity index (χ1n) is 8.67. The molecule has 25 heavy (non-hydrogen) atoms. The van der Waals surface area contributed by atoms with Crippen LogP contribution >= 0.6 is 0 Å². The minimum atomic E-state index is 0.112. The van der Waals surface area contributed by atoms with E-state index in [1.54, 1.807) is 0 Å². The SMILES string of the molecule is CN1C=C(N)c2nnn(C[C@H]3CN(Cc4ccccc4)CCO3)c2C1. The van der Waals surface area contributed by atoms with Crippen LogP contribution in [0.5, 0.6) is 0 Å². The average Bonchev–Trinajstić information content (AvgIpc) is 2.99. The summed E-state index contributed by atoms with van der Waals surface area (Å²) in [5.41, 5.74) is 9.92. The zero-order valence-electron chi connectivity index (χ0n) is 14.5. The zero-order valence-corrected chi connectivity index (χ0v) is 14.5. The van der Waals surface area contributed by atoms with Gasteiger partial charge in [-0.3, -0.25) is 4.90 Å². The molecule has 2 N–H and O–H groups in total. The van der Waals surface area contributed by atoms with Crippen LogP contribution in [-0.2, 0) is 24.4 Å². The molecule has 2 aromatic rings. The Labute approximate surface area is 147 Å². The molecule has 0 radical (unpaired) electrons. The molecule has 0 bridgehead atoms. The van der Waals surface area contributed by atoms with Crippen molar-refractivity contribution in [2.24, 2.45) is 5.73 Å². The minimum Gasteiger partial charge on any atom is -0.396 e. The van der Waals surface area contributed by atoms with Crippen LogP contribution in [0.3, 0.4) is 0 Å². The molecule has 1 aromatic carbocycles. The highest BCUT2D eigenvalue weighted by Gasteiger charge is 2.25. The van der Waals surface area contributed by atoms with Gasteiger partial charge in [0.2, 0.25) is 0 Å². The van der Waals surface area contributed by atoms with Crippen molar-refractivity contribution in [2.45, 2.75) is 25.7 Å². The standard InChI is InChI=1S/C18H24N6O/c1-22-12-16(19)18-17(13-22)24(21-20-18)11-15-10-23(7-8-25-15)9-14-5-3-2-4-6-14/h2-6,12,15H,7-11,13,19H2,1H3/t15-/m1/s1. The second-order valence-corrected chi connectivity index (χ2v) is 6.78. The Bertz CT molecular complexity index is 756. The third kappa shape index (κ3) is 3.52. The number of morpholine rings is 1. The van der Waals surface area contributed by atoms with E-state index in [1.165, 1.54) is 5.56 Å². The molecule has 2 aliphatic rings. The summed E-state index contributed by atoms with van der Waals surface area (Å²) in [7, 11) is 2.01. The van der Waals surface area contributed by atoms with Crippen LogP contribution in [0.15, 0.2) is 36.5 Å². The smallest absolute Gasteiger partial charge is 0.135 e. The van der Waals surface area contributed by atoms with Gasteiger partial charge < -0.3 is 15.4 Å². The molecule has 1 aromatic heterocycles. The summed E-state index contributed by atoms with van der Waals surface area (Å²) in [5.74, 6) is 0. The highest BCUT2D eigenvalue weighted by Crippen LogP contribution is 2.21. The highest BCUT2D eigenvalue weighted by molar-refractivity contribution is 5.62. The summed E-state index contributed by atoms with van der Waals surface area (Å²) < 4.78 is 7.92. The Morgan fingerprint density at radius 1 is 1.28 bits per heavy atom. The lowest BCUT2D eigenvalue weighted by molar-refractivity contribution is -0.0408. The van der Waals surface area contributed by atoms with Crippen LogP contribution < -0.4 is 5.73 Å². The number of fused-ring (bicyclic) bond motifs is 1. The predicted octanol–water partition coefficient (Wildman–Crippen LogP) is 0.882. The molecule has 0 amide bonds. The molecule has 3 heterocycles. The largest absolute Gasteiger partial charge is 0.396 e. The first-order valence-corrected chi connectivity index (χ1v) is 8.67. The number of hydrogen-bond donors (Lipinski definition) is 1. The minimum absolute atomic E-state index is 0.112. The number of nitrogens with zero attached hydrogens (tertiary/aromatic N) is 5. The second kappa shape index (κ2) is 6.85.